The number of carboxylic acids is 1. The zero-order chi connectivity index (χ0) is 16.2. The highest BCUT2D eigenvalue weighted by Crippen LogP contribution is 2.26. The molecule has 1 saturated heterocycles. The minimum absolute atomic E-state index is 0.0502. The van der Waals surface area contributed by atoms with Gasteiger partial charge >= 0.3 is 5.97 Å². The number of hydrogen-bond acceptors (Lipinski definition) is 4. The summed E-state index contributed by atoms with van der Waals surface area (Å²) >= 11 is 0. The molecule has 1 fully saturated rings. The molecule has 1 amide bonds. The summed E-state index contributed by atoms with van der Waals surface area (Å²) in [6.07, 6.45) is 1.64. The lowest BCUT2D eigenvalue weighted by molar-refractivity contribution is -0.141. The number of carboxylic acid groups (broad SMARTS) is 1. The van der Waals surface area contributed by atoms with Gasteiger partial charge in [0, 0.05) is 18.7 Å². The molecule has 1 aromatic heterocycles. The minimum atomic E-state index is -0.932. The summed E-state index contributed by atoms with van der Waals surface area (Å²) in [5, 5.41) is 9.05. The molecule has 1 aliphatic heterocycles. The number of hydrogen-bond donors (Lipinski definition) is 1. The van der Waals surface area contributed by atoms with E-state index in [0.29, 0.717) is 18.9 Å². The largest absolute Gasteiger partial charge is 0.481 e. The number of nitrogens with zero attached hydrogens (tertiary/aromatic N) is 1. The zero-order valence-corrected chi connectivity index (χ0v) is 12.5. The molecule has 23 heavy (non-hydrogen) atoms. The Balaban J connectivity index is 1.63. The molecule has 0 unspecified atom stereocenters. The van der Waals surface area contributed by atoms with Gasteiger partial charge in [-0.05, 0) is 29.8 Å². The SMILES string of the molecule is O=C(O)[C@H]1CC(=O)N(c2cccc(COCc3ccco3)c2)C1. The second kappa shape index (κ2) is 6.66. The van der Waals surface area contributed by atoms with Crippen LogP contribution >= 0.6 is 0 Å². The maximum atomic E-state index is 12.0. The molecule has 3 rings (SSSR count). The van der Waals surface area contributed by atoms with Crippen molar-refractivity contribution in [3.63, 3.8) is 0 Å². The Labute approximate surface area is 133 Å². The van der Waals surface area contributed by atoms with Crippen LogP contribution < -0.4 is 4.90 Å². The summed E-state index contributed by atoms with van der Waals surface area (Å²) in [7, 11) is 0. The van der Waals surface area contributed by atoms with E-state index in [1.54, 1.807) is 18.4 Å². The normalized spacial score (nSPS) is 17.7. The maximum absolute atomic E-state index is 12.0. The molecule has 0 bridgehead atoms. The van der Waals surface area contributed by atoms with Crippen molar-refractivity contribution >= 4 is 17.6 Å². The zero-order valence-electron chi connectivity index (χ0n) is 12.5. The first kappa shape index (κ1) is 15.3. The van der Waals surface area contributed by atoms with Crippen LogP contribution in [0.3, 0.4) is 0 Å². The number of furan rings is 1. The smallest absolute Gasteiger partial charge is 0.308 e. The second-order valence-corrected chi connectivity index (χ2v) is 5.49. The van der Waals surface area contributed by atoms with Crippen molar-refractivity contribution < 1.29 is 23.8 Å². The van der Waals surface area contributed by atoms with Gasteiger partial charge in [0.2, 0.25) is 5.91 Å². The molecule has 6 heteroatoms. The van der Waals surface area contributed by atoms with Crippen LogP contribution in [-0.2, 0) is 27.5 Å². The number of ether oxygens (including phenoxy) is 1. The van der Waals surface area contributed by atoms with E-state index in [0.717, 1.165) is 11.3 Å². The average Bonchev–Trinajstić information content (AvgIpc) is 3.17. The Kier molecular flexibility index (Phi) is 4.43. The van der Waals surface area contributed by atoms with Gasteiger partial charge in [0.05, 0.1) is 18.8 Å². The molecular formula is C17H17NO5. The van der Waals surface area contributed by atoms with E-state index in [4.69, 9.17) is 14.3 Å². The molecule has 1 aliphatic rings. The Morgan fingerprint density at radius 1 is 1.30 bits per heavy atom. The molecule has 0 aliphatic carbocycles. The number of benzene rings is 1. The number of carbonyl (C=O) groups excluding carboxylic acids is 1. The van der Waals surface area contributed by atoms with Gasteiger partial charge in [-0.25, -0.2) is 0 Å². The Morgan fingerprint density at radius 3 is 2.87 bits per heavy atom. The number of anilines is 1. The third kappa shape index (κ3) is 3.60. The van der Waals surface area contributed by atoms with E-state index in [9.17, 15) is 9.59 Å². The molecule has 0 saturated carbocycles. The molecule has 2 heterocycles. The van der Waals surface area contributed by atoms with Crippen LogP contribution in [0.15, 0.2) is 47.1 Å². The predicted octanol–water partition coefficient (Wildman–Crippen LogP) is 2.43. The Bertz CT molecular complexity index is 695. The highest BCUT2D eigenvalue weighted by molar-refractivity contribution is 5.99. The van der Waals surface area contributed by atoms with Crippen molar-refractivity contribution in [2.24, 2.45) is 5.92 Å². The predicted molar refractivity (Wildman–Crippen MR) is 81.7 cm³/mol. The molecule has 1 atom stereocenters. The van der Waals surface area contributed by atoms with Crippen molar-refractivity contribution in [2.45, 2.75) is 19.6 Å². The standard InChI is InChI=1S/C17H17NO5/c19-16-8-13(17(20)21)9-18(16)14-4-1-3-12(7-14)10-22-11-15-5-2-6-23-15/h1-7,13H,8-11H2,(H,20,21)/t13-/m0/s1. The summed E-state index contributed by atoms with van der Waals surface area (Å²) < 4.78 is 10.8. The molecule has 0 radical (unpaired) electrons. The first-order valence-corrected chi connectivity index (χ1v) is 7.36. The number of rotatable bonds is 6. The fourth-order valence-electron chi connectivity index (χ4n) is 2.60. The van der Waals surface area contributed by atoms with Crippen molar-refractivity contribution in [3.8, 4) is 0 Å². The lowest BCUT2D eigenvalue weighted by atomic mass is 10.1. The molecular weight excluding hydrogens is 298 g/mol. The summed E-state index contributed by atoms with van der Waals surface area (Å²) in [5.41, 5.74) is 1.62. The summed E-state index contributed by atoms with van der Waals surface area (Å²) in [6, 6.07) is 11.0. The van der Waals surface area contributed by atoms with E-state index in [1.165, 1.54) is 4.90 Å². The van der Waals surface area contributed by atoms with Crippen molar-refractivity contribution in [2.75, 3.05) is 11.4 Å². The van der Waals surface area contributed by atoms with Gasteiger partial charge in [0.15, 0.2) is 0 Å². The van der Waals surface area contributed by atoms with Crippen LogP contribution in [0.25, 0.3) is 0 Å². The van der Waals surface area contributed by atoms with Crippen LogP contribution in [0.2, 0.25) is 0 Å². The van der Waals surface area contributed by atoms with Gasteiger partial charge in [-0.3, -0.25) is 9.59 Å². The average molecular weight is 315 g/mol. The van der Waals surface area contributed by atoms with E-state index in [2.05, 4.69) is 0 Å². The van der Waals surface area contributed by atoms with Gasteiger partial charge in [-0.1, -0.05) is 12.1 Å². The molecule has 2 aromatic rings. The fraction of sp³-hybridized carbons (Fsp3) is 0.294. The first-order valence-electron chi connectivity index (χ1n) is 7.36. The molecule has 1 aromatic carbocycles. The summed E-state index contributed by atoms with van der Waals surface area (Å²) in [5.74, 6) is -0.980. The molecule has 120 valence electrons. The molecule has 6 nitrogen and oxygen atoms in total. The summed E-state index contributed by atoms with van der Waals surface area (Å²) in [6.45, 7) is 0.977. The Morgan fingerprint density at radius 2 is 2.17 bits per heavy atom. The second-order valence-electron chi connectivity index (χ2n) is 5.49. The van der Waals surface area contributed by atoms with E-state index in [1.807, 2.05) is 24.3 Å². The minimum Gasteiger partial charge on any atom is -0.481 e. The van der Waals surface area contributed by atoms with Gasteiger partial charge in [0.25, 0.3) is 0 Å². The first-order chi connectivity index (χ1) is 11.1. The lowest BCUT2D eigenvalue weighted by Crippen LogP contribution is -2.25. The van der Waals surface area contributed by atoms with E-state index >= 15 is 0 Å². The fourth-order valence-corrected chi connectivity index (χ4v) is 2.60. The van der Waals surface area contributed by atoms with E-state index in [-0.39, 0.29) is 18.9 Å². The number of amides is 1. The van der Waals surface area contributed by atoms with E-state index < -0.39 is 11.9 Å². The van der Waals surface area contributed by atoms with Crippen molar-refractivity contribution in [1.82, 2.24) is 0 Å². The van der Waals surface area contributed by atoms with Gasteiger partial charge in [0.1, 0.15) is 12.4 Å². The number of carbonyl (C=O) groups is 2. The highest BCUT2D eigenvalue weighted by Gasteiger charge is 2.35. The Hall–Kier alpha value is -2.60. The quantitative estimate of drug-likeness (QED) is 0.885. The van der Waals surface area contributed by atoms with Crippen LogP contribution in [-0.4, -0.2) is 23.5 Å². The topological polar surface area (TPSA) is 80.0 Å². The molecule has 0 spiro atoms. The van der Waals surface area contributed by atoms with Crippen LogP contribution in [0.4, 0.5) is 5.69 Å². The van der Waals surface area contributed by atoms with Crippen LogP contribution in [0.1, 0.15) is 17.7 Å². The maximum Gasteiger partial charge on any atom is 0.308 e. The molecule has 1 N–H and O–H groups in total. The third-order valence-electron chi connectivity index (χ3n) is 3.79. The summed E-state index contributed by atoms with van der Waals surface area (Å²) in [4.78, 5) is 24.5. The van der Waals surface area contributed by atoms with Crippen molar-refractivity contribution in [1.29, 1.82) is 0 Å². The van der Waals surface area contributed by atoms with Gasteiger partial charge in [-0.2, -0.15) is 0 Å². The van der Waals surface area contributed by atoms with Crippen molar-refractivity contribution in [3.05, 3.63) is 54.0 Å². The lowest BCUT2D eigenvalue weighted by Gasteiger charge is -2.17. The third-order valence-corrected chi connectivity index (χ3v) is 3.79. The van der Waals surface area contributed by atoms with Gasteiger partial charge in [-0.15, -0.1) is 0 Å². The highest BCUT2D eigenvalue weighted by atomic mass is 16.5. The van der Waals surface area contributed by atoms with Crippen LogP contribution in [0, 0.1) is 5.92 Å². The van der Waals surface area contributed by atoms with Crippen LogP contribution in [0.5, 0.6) is 0 Å². The van der Waals surface area contributed by atoms with Gasteiger partial charge < -0.3 is 19.2 Å². The monoisotopic (exact) mass is 315 g/mol. The number of aliphatic carboxylic acids is 1.